The van der Waals surface area contributed by atoms with Gasteiger partial charge in [-0.15, -0.1) is 0 Å². The Kier molecular flexibility index (Phi) is 10.3. The molecule has 0 amide bonds. The van der Waals surface area contributed by atoms with E-state index in [0.29, 0.717) is 12.8 Å². The highest BCUT2D eigenvalue weighted by Gasteiger charge is 2.15. The van der Waals surface area contributed by atoms with Crippen LogP contribution in [0, 0.1) is 0 Å². The standard InChI is InChI=1S/C14H29NO2/c1-4-7-8-9-10-11-12-15(13(16)5-2)14(17)6-3/h11-14,16-17H,4-10H2,1-3H3. The Bertz CT molecular complexity index is 185. The highest BCUT2D eigenvalue weighted by Crippen LogP contribution is 2.10. The molecule has 2 atom stereocenters. The topological polar surface area (TPSA) is 43.7 Å². The van der Waals surface area contributed by atoms with Crippen LogP contribution in [0.4, 0.5) is 0 Å². The number of hydrogen-bond acceptors (Lipinski definition) is 3. The first kappa shape index (κ1) is 16.5. The summed E-state index contributed by atoms with van der Waals surface area (Å²) in [5.41, 5.74) is 0. The van der Waals surface area contributed by atoms with Gasteiger partial charge in [-0.2, -0.15) is 0 Å². The van der Waals surface area contributed by atoms with Gasteiger partial charge in [0.15, 0.2) is 0 Å². The van der Waals surface area contributed by atoms with E-state index in [2.05, 4.69) is 6.92 Å². The summed E-state index contributed by atoms with van der Waals surface area (Å²) >= 11 is 0. The lowest BCUT2D eigenvalue weighted by atomic mass is 10.1. The molecule has 0 aliphatic carbocycles. The number of aliphatic hydroxyl groups excluding tert-OH is 2. The Morgan fingerprint density at radius 2 is 1.53 bits per heavy atom. The van der Waals surface area contributed by atoms with E-state index in [1.54, 1.807) is 4.90 Å². The van der Waals surface area contributed by atoms with Crippen molar-refractivity contribution in [1.82, 2.24) is 4.90 Å². The molecule has 0 saturated heterocycles. The van der Waals surface area contributed by atoms with Crippen LogP contribution >= 0.6 is 0 Å². The molecule has 3 heteroatoms. The summed E-state index contributed by atoms with van der Waals surface area (Å²) in [7, 11) is 0. The summed E-state index contributed by atoms with van der Waals surface area (Å²) in [5, 5.41) is 19.5. The average molecular weight is 243 g/mol. The van der Waals surface area contributed by atoms with Crippen LogP contribution in [0.5, 0.6) is 0 Å². The zero-order valence-electron chi connectivity index (χ0n) is 11.6. The SMILES string of the molecule is CCCCCCC=CN(C(O)CC)C(O)CC. The first-order valence-electron chi connectivity index (χ1n) is 6.97. The summed E-state index contributed by atoms with van der Waals surface area (Å²) in [5.74, 6) is 0. The van der Waals surface area contributed by atoms with Gasteiger partial charge in [0, 0.05) is 6.20 Å². The van der Waals surface area contributed by atoms with Gasteiger partial charge < -0.3 is 15.1 Å². The maximum atomic E-state index is 9.77. The molecule has 102 valence electrons. The van der Waals surface area contributed by atoms with Crippen molar-refractivity contribution in [2.24, 2.45) is 0 Å². The van der Waals surface area contributed by atoms with Crippen LogP contribution in [0.2, 0.25) is 0 Å². The smallest absolute Gasteiger partial charge is 0.128 e. The number of hydrogen-bond donors (Lipinski definition) is 2. The minimum atomic E-state index is -0.586. The van der Waals surface area contributed by atoms with E-state index in [4.69, 9.17) is 0 Å². The molecule has 2 unspecified atom stereocenters. The highest BCUT2D eigenvalue weighted by atomic mass is 16.3. The first-order chi connectivity index (χ1) is 8.17. The third kappa shape index (κ3) is 7.40. The molecule has 0 rings (SSSR count). The van der Waals surface area contributed by atoms with E-state index < -0.39 is 12.5 Å². The molecule has 0 aliphatic rings. The molecule has 0 heterocycles. The van der Waals surface area contributed by atoms with Crippen LogP contribution in [0.15, 0.2) is 12.3 Å². The van der Waals surface area contributed by atoms with Gasteiger partial charge in [-0.25, -0.2) is 0 Å². The summed E-state index contributed by atoms with van der Waals surface area (Å²) in [6, 6.07) is 0. The molecule has 0 aromatic carbocycles. The van der Waals surface area contributed by atoms with Gasteiger partial charge in [-0.05, 0) is 25.7 Å². The Balaban J connectivity index is 4.01. The number of nitrogens with zero attached hydrogens (tertiary/aromatic N) is 1. The fourth-order valence-electron chi connectivity index (χ4n) is 1.70. The van der Waals surface area contributed by atoms with Crippen molar-refractivity contribution in [2.75, 3.05) is 0 Å². The number of unbranched alkanes of at least 4 members (excludes halogenated alkanes) is 4. The third-order valence-corrected chi connectivity index (χ3v) is 2.92. The predicted molar refractivity (Wildman–Crippen MR) is 72.3 cm³/mol. The van der Waals surface area contributed by atoms with Gasteiger partial charge in [0.1, 0.15) is 12.5 Å². The number of aliphatic hydroxyl groups is 2. The molecule has 0 bridgehead atoms. The Hall–Kier alpha value is -0.540. The van der Waals surface area contributed by atoms with Crippen molar-refractivity contribution < 1.29 is 10.2 Å². The van der Waals surface area contributed by atoms with E-state index in [1.165, 1.54) is 25.7 Å². The van der Waals surface area contributed by atoms with E-state index in [0.717, 1.165) is 6.42 Å². The van der Waals surface area contributed by atoms with Crippen molar-refractivity contribution in [3.63, 3.8) is 0 Å². The van der Waals surface area contributed by atoms with Crippen molar-refractivity contribution in [3.8, 4) is 0 Å². The fourth-order valence-corrected chi connectivity index (χ4v) is 1.70. The van der Waals surface area contributed by atoms with E-state index in [-0.39, 0.29) is 0 Å². The second kappa shape index (κ2) is 10.6. The second-order valence-corrected chi connectivity index (χ2v) is 4.46. The normalized spacial score (nSPS) is 15.1. The van der Waals surface area contributed by atoms with Crippen LogP contribution in [0.3, 0.4) is 0 Å². The Morgan fingerprint density at radius 3 is 2.00 bits per heavy atom. The van der Waals surface area contributed by atoms with Crippen molar-refractivity contribution in [1.29, 1.82) is 0 Å². The zero-order valence-corrected chi connectivity index (χ0v) is 11.6. The van der Waals surface area contributed by atoms with Gasteiger partial charge in [-0.3, -0.25) is 0 Å². The Labute approximate surface area is 106 Å². The maximum absolute atomic E-state index is 9.77. The molecular weight excluding hydrogens is 214 g/mol. The third-order valence-electron chi connectivity index (χ3n) is 2.92. The Morgan fingerprint density at radius 1 is 0.941 bits per heavy atom. The van der Waals surface area contributed by atoms with E-state index in [1.807, 2.05) is 26.1 Å². The second-order valence-electron chi connectivity index (χ2n) is 4.46. The van der Waals surface area contributed by atoms with Crippen LogP contribution < -0.4 is 0 Å². The summed E-state index contributed by atoms with van der Waals surface area (Å²) < 4.78 is 0. The lowest BCUT2D eigenvalue weighted by Crippen LogP contribution is -2.38. The van der Waals surface area contributed by atoms with Gasteiger partial charge >= 0.3 is 0 Å². The van der Waals surface area contributed by atoms with Crippen LogP contribution in [0.25, 0.3) is 0 Å². The molecule has 0 aromatic heterocycles. The van der Waals surface area contributed by atoms with Gasteiger partial charge in [-0.1, -0.05) is 46.1 Å². The van der Waals surface area contributed by atoms with Gasteiger partial charge in [0.05, 0.1) is 0 Å². The molecule has 0 saturated carbocycles. The van der Waals surface area contributed by atoms with Crippen LogP contribution in [0.1, 0.15) is 65.7 Å². The van der Waals surface area contributed by atoms with Crippen molar-refractivity contribution in [3.05, 3.63) is 12.3 Å². The zero-order chi connectivity index (χ0) is 13.1. The molecule has 0 radical (unpaired) electrons. The molecule has 3 nitrogen and oxygen atoms in total. The monoisotopic (exact) mass is 243 g/mol. The average Bonchev–Trinajstić information content (AvgIpc) is 2.36. The van der Waals surface area contributed by atoms with E-state index in [9.17, 15) is 10.2 Å². The summed E-state index contributed by atoms with van der Waals surface area (Å²) in [6.45, 7) is 6.02. The molecule has 0 spiro atoms. The largest absolute Gasteiger partial charge is 0.374 e. The maximum Gasteiger partial charge on any atom is 0.128 e. The summed E-state index contributed by atoms with van der Waals surface area (Å²) in [6.07, 6.45) is 9.95. The minimum absolute atomic E-state index is 0.586. The molecule has 17 heavy (non-hydrogen) atoms. The minimum Gasteiger partial charge on any atom is -0.374 e. The van der Waals surface area contributed by atoms with Crippen LogP contribution in [-0.2, 0) is 0 Å². The number of rotatable bonds is 10. The van der Waals surface area contributed by atoms with Crippen molar-refractivity contribution >= 4 is 0 Å². The van der Waals surface area contributed by atoms with Crippen LogP contribution in [-0.4, -0.2) is 27.6 Å². The van der Waals surface area contributed by atoms with E-state index >= 15 is 0 Å². The molecule has 0 fully saturated rings. The fraction of sp³-hybridized carbons (Fsp3) is 0.857. The lowest BCUT2D eigenvalue weighted by molar-refractivity contribution is -0.0725. The molecule has 0 aromatic rings. The van der Waals surface area contributed by atoms with Gasteiger partial charge in [0.2, 0.25) is 0 Å². The lowest BCUT2D eigenvalue weighted by Gasteiger charge is -2.30. The highest BCUT2D eigenvalue weighted by molar-refractivity contribution is 4.84. The van der Waals surface area contributed by atoms with Crippen molar-refractivity contribution in [2.45, 2.75) is 78.2 Å². The first-order valence-corrected chi connectivity index (χ1v) is 6.97. The quantitative estimate of drug-likeness (QED) is 0.457. The molecule has 0 aliphatic heterocycles. The predicted octanol–water partition coefficient (Wildman–Crippen LogP) is 3.23. The summed E-state index contributed by atoms with van der Waals surface area (Å²) in [4.78, 5) is 1.64. The molecular formula is C14H29NO2. The van der Waals surface area contributed by atoms with Gasteiger partial charge in [0.25, 0.3) is 0 Å². The molecule has 2 N–H and O–H groups in total. The number of allylic oxidation sites excluding steroid dienone is 1.